The molecule has 0 bridgehead atoms. The van der Waals surface area contributed by atoms with Gasteiger partial charge in [-0.2, -0.15) is 4.98 Å². The molecule has 0 saturated carbocycles. The number of fused-ring (bicyclic) bond motifs is 2. The highest BCUT2D eigenvalue weighted by atomic mass is 15.2. The van der Waals surface area contributed by atoms with E-state index in [-0.39, 0.29) is 0 Å². The molecule has 0 atom stereocenters. The summed E-state index contributed by atoms with van der Waals surface area (Å²) in [6.07, 6.45) is 2.20. The molecule has 1 aromatic heterocycles. The van der Waals surface area contributed by atoms with Crippen LogP contribution in [0.5, 0.6) is 0 Å². The molecule has 0 amide bonds. The third-order valence-electron chi connectivity index (χ3n) is 5.47. The highest BCUT2D eigenvalue weighted by molar-refractivity contribution is 5.96. The molecule has 138 valence electrons. The molecule has 0 radical (unpaired) electrons. The van der Waals surface area contributed by atoms with E-state index in [0.717, 1.165) is 43.0 Å². The van der Waals surface area contributed by atoms with Crippen LogP contribution in [0.25, 0.3) is 22.0 Å². The van der Waals surface area contributed by atoms with Crippen molar-refractivity contribution in [2.75, 3.05) is 17.2 Å². The standard InChI is InChI=1S/C24H22N4/c25-24-26-22(21-13-5-10-18-8-3-4-12-20(18)21)15-23(27-24)28-14-6-11-17-7-1-2-9-19(17)16-28/h1-5,7-10,12-13,15H,6,11,14,16H2,(H2,25,26,27). The van der Waals surface area contributed by atoms with E-state index in [0.29, 0.717) is 5.95 Å². The summed E-state index contributed by atoms with van der Waals surface area (Å²) < 4.78 is 0. The summed E-state index contributed by atoms with van der Waals surface area (Å²) in [5.41, 5.74) is 10.9. The maximum absolute atomic E-state index is 6.13. The lowest BCUT2D eigenvalue weighted by molar-refractivity contribution is 0.754. The number of nitrogens with zero attached hydrogens (tertiary/aromatic N) is 3. The van der Waals surface area contributed by atoms with Crippen molar-refractivity contribution in [3.63, 3.8) is 0 Å². The summed E-state index contributed by atoms with van der Waals surface area (Å²) in [4.78, 5) is 11.4. The zero-order chi connectivity index (χ0) is 18.9. The maximum Gasteiger partial charge on any atom is 0.222 e. The molecule has 0 aliphatic carbocycles. The minimum Gasteiger partial charge on any atom is -0.368 e. The Morgan fingerprint density at radius 3 is 2.54 bits per heavy atom. The topological polar surface area (TPSA) is 55.0 Å². The van der Waals surface area contributed by atoms with Gasteiger partial charge in [-0.3, -0.25) is 0 Å². The molecule has 0 fully saturated rings. The largest absolute Gasteiger partial charge is 0.368 e. The first-order valence-corrected chi connectivity index (χ1v) is 9.72. The van der Waals surface area contributed by atoms with Crippen LogP contribution in [0.2, 0.25) is 0 Å². The van der Waals surface area contributed by atoms with Crippen LogP contribution in [0.1, 0.15) is 17.5 Å². The number of hydrogen-bond donors (Lipinski definition) is 1. The number of benzene rings is 3. The molecule has 0 unspecified atom stereocenters. The van der Waals surface area contributed by atoms with Crippen molar-refractivity contribution in [3.8, 4) is 11.3 Å². The van der Waals surface area contributed by atoms with E-state index in [2.05, 4.69) is 87.7 Å². The van der Waals surface area contributed by atoms with E-state index in [1.807, 2.05) is 0 Å². The lowest BCUT2D eigenvalue weighted by Gasteiger charge is -2.23. The van der Waals surface area contributed by atoms with Crippen LogP contribution in [0, 0.1) is 0 Å². The SMILES string of the molecule is Nc1nc(-c2cccc3ccccc23)cc(N2CCCc3ccccc3C2)n1. The number of hydrogen-bond acceptors (Lipinski definition) is 4. The van der Waals surface area contributed by atoms with Gasteiger partial charge in [0.1, 0.15) is 5.82 Å². The summed E-state index contributed by atoms with van der Waals surface area (Å²) in [7, 11) is 0. The van der Waals surface area contributed by atoms with Gasteiger partial charge in [-0.05, 0) is 34.7 Å². The van der Waals surface area contributed by atoms with Gasteiger partial charge >= 0.3 is 0 Å². The lowest BCUT2D eigenvalue weighted by atomic mass is 10.0. The molecule has 2 N–H and O–H groups in total. The molecule has 0 spiro atoms. The highest BCUT2D eigenvalue weighted by Crippen LogP contribution is 2.31. The maximum atomic E-state index is 6.13. The van der Waals surface area contributed by atoms with E-state index < -0.39 is 0 Å². The number of nitrogen functional groups attached to an aromatic ring is 1. The third kappa shape index (κ3) is 3.07. The Balaban J connectivity index is 1.58. The van der Waals surface area contributed by atoms with Crippen molar-refractivity contribution in [2.24, 2.45) is 0 Å². The predicted molar refractivity (Wildman–Crippen MR) is 115 cm³/mol. The molecule has 1 aliphatic rings. The Morgan fingerprint density at radius 1 is 0.821 bits per heavy atom. The second kappa shape index (κ2) is 6.97. The lowest BCUT2D eigenvalue weighted by Crippen LogP contribution is -2.24. The van der Waals surface area contributed by atoms with Crippen LogP contribution >= 0.6 is 0 Å². The molecule has 4 aromatic rings. The van der Waals surface area contributed by atoms with Gasteiger partial charge in [-0.1, -0.05) is 66.7 Å². The van der Waals surface area contributed by atoms with Crippen molar-refractivity contribution in [1.29, 1.82) is 0 Å². The van der Waals surface area contributed by atoms with Gasteiger partial charge in [0, 0.05) is 24.7 Å². The fourth-order valence-corrected chi connectivity index (χ4v) is 4.10. The first-order valence-electron chi connectivity index (χ1n) is 9.72. The van der Waals surface area contributed by atoms with Crippen LogP contribution in [0.3, 0.4) is 0 Å². The van der Waals surface area contributed by atoms with Crippen LogP contribution in [-0.2, 0) is 13.0 Å². The molecule has 28 heavy (non-hydrogen) atoms. The van der Waals surface area contributed by atoms with E-state index in [1.54, 1.807) is 0 Å². The minimum absolute atomic E-state index is 0.318. The van der Waals surface area contributed by atoms with Crippen molar-refractivity contribution < 1.29 is 0 Å². The molecule has 3 aromatic carbocycles. The monoisotopic (exact) mass is 366 g/mol. The molecule has 1 aliphatic heterocycles. The first-order chi connectivity index (χ1) is 13.8. The van der Waals surface area contributed by atoms with Gasteiger partial charge in [0.15, 0.2) is 0 Å². The Labute approximate surface area is 164 Å². The summed E-state index contributed by atoms with van der Waals surface area (Å²) >= 11 is 0. The fraction of sp³-hybridized carbons (Fsp3) is 0.167. The molecular formula is C24H22N4. The van der Waals surface area contributed by atoms with Crippen LogP contribution < -0.4 is 10.6 Å². The molecule has 0 saturated heterocycles. The predicted octanol–water partition coefficient (Wildman–Crippen LogP) is 4.83. The normalized spacial score (nSPS) is 13.9. The Kier molecular flexibility index (Phi) is 4.17. The molecule has 2 heterocycles. The van der Waals surface area contributed by atoms with E-state index in [9.17, 15) is 0 Å². The Morgan fingerprint density at radius 2 is 1.61 bits per heavy atom. The van der Waals surface area contributed by atoms with Gasteiger partial charge < -0.3 is 10.6 Å². The van der Waals surface area contributed by atoms with E-state index in [1.165, 1.54) is 21.9 Å². The van der Waals surface area contributed by atoms with Gasteiger partial charge in [0.2, 0.25) is 5.95 Å². The Hall–Kier alpha value is -3.40. The summed E-state index contributed by atoms with van der Waals surface area (Å²) in [6, 6.07) is 25.4. The fourth-order valence-electron chi connectivity index (χ4n) is 4.10. The number of nitrogens with two attached hydrogens (primary N) is 1. The minimum atomic E-state index is 0.318. The number of aryl methyl sites for hydroxylation is 1. The van der Waals surface area contributed by atoms with E-state index >= 15 is 0 Å². The van der Waals surface area contributed by atoms with Crippen molar-refractivity contribution in [3.05, 3.63) is 83.9 Å². The zero-order valence-electron chi connectivity index (χ0n) is 15.7. The second-order valence-electron chi connectivity index (χ2n) is 7.29. The Bertz CT molecular complexity index is 1150. The molecule has 5 rings (SSSR count). The van der Waals surface area contributed by atoms with Crippen molar-refractivity contribution >= 4 is 22.5 Å². The molecule has 4 nitrogen and oxygen atoms in total. The van der Waals surface area contributed by atoms with Crippen LogP contribution in [0.4, 0.5) is 11.8 Å². The smallest absolute Gasteiger partial charge is 0.222 e. The zero-order valence-corrected chi connectivity index (χ0v) is 15.7. The highest BCUT2D eigenvalue weighted by Gasteiger charge is 2.17. The van der Waals surface area contributed by atoms with Crippen molar-refractivity contribution in [1.82, 2.24) is 9.97 Å². The summed E-state index contributed by atoms with van der Waals surface area (Å²) in [5, 5.41) is 2.37. The van der Waals surface area contributed by atoms with Crippen molar-refractivity contribution in [2.45, 2.75) is 19.4 Å². The molecular weight excluding hydrogens is 344 g/mol. The van der Waals surface area contributed by atoms with Gasteiger partial charge in [-0.25, -0.2) is 4.98 Å². The van der Waals surface area contributed by atoms with Crippen LogP contribution in [0.15, 0.2) is 72.8 Å². The summed E-state index contributed by atoms with van der Waals surface area (Å²) in [6.45, 7) is 1.81. The second-order valence-corrected chi connectivity index (χ2v) is 7.29. The van der Waals surface area contributed by atoms with Gasteiger partial charge in [0.05, 0.1) is 5.69 Å². The average Bonchev–Trinajstić information content (AvgIpc) is 2.95. The summed E-state index contributed by atoms with van der Waals surface area (Å²) in [5.74, 6) is 1.21. The average molecular weight is 366 g/mol. The number of rotatable bonds is 2. The third-order valence-corrected chi connectivity index (χ3v) is 5.47. The molecule has 4 heteroatoms. The number of anilines is 2. The van der Waals surface area contributed by atoms with Gasteiger partial charge in [-0.15, -0.1) is 0 Å². The van der Waals surface area contributed by atoms with E-state index in [4.69, 9.17) is 5.73 Å². The quantitative estimate of drug-likeness (QED) is 0.552. The van der Waals surface area contributed by atoms with Crippen LogP contribution in [-0.4, -0.2) is 16.5 Å². The van der Waals surface area contributed by atoms with Gasteiger partial charge in [0.25, 0.3) is 0 Å². The first kappa shape index (κ1) is 16.8. The number of aromatic nitrogens is 2.